The Kier molecular flexibility index (Phi) is 4.84. The molecule has 2 aromatic carbocycles. The van der Waals surface area contributed by atoms with Crippen LogP contribution in [0.3, 0.4) is 0 Å². The number of carbonyl (C=O) groups is 1. The second-order valence-corrected chi connectivity index (χ2v) is 7.36. The Hall–Kier alpha value is -1.63. The summed E-state index contributed by atoms with van der Waals surface area (Å²) in [5, 5.41) is 0. The fourth-order valence-corrected chi connectivity index (χ4v) is 3.89. The van der Waals surface area contributed by atoms with E-state index < -0.39 is 0 Å². The highest BCUT2D eigenvalue weighted by atomic mass is 79.9. The molecule has 6 heteroatoms. The van der Waals surface area contributed by atoms with Gasteiger partial charge in [0.25, 0.3) is 5.91 Å². The number of thiocarbonyl (C=S) groups is 1. The quantitative estimate of drug-likeness (QED) is 0.538. The van der Waals surface area contributed by atoms with E-state index in [2.05, 4.69) is 15.9 Å². The van der Waals surface area contributed by atoms with E-state index in [9.17, 15) is 4.79 Å². The number of rotatable bonds is 3. The minimum atomic E-state index is -0.106. The zero-order valence-corrected chi connectivity index (χ0v) is 15.4. The topological polar surface area (TPSA) is 29.5 Å². The van der Waals surface area contributed by atoms with Crippen LogP contribution in [0.2, 0.25) is 0 Å². The Morgan fingerprint density at radius 3 is 2.61 bits per heavy atom. The fraction of sp³-hybridized carbons (Fsp3) is 0.0588. The summed E-state index contributed by atoms with van der Waals surface area (Å²) in [6, 6.07) is 15.1. The van der Waals surface area contributed by atoms with Gasteiger partial charge in [0, 0.05) is 4.47 Å². The Balaban J connectivity index is 1.90. The number of hydrogen-bond acceptors (Lipinski definition) is 4. The SMILES string of the molecule is COc1ccc(N2C(=O)C(=Cc3cccc(Br)c3)SC2=S)cc1. The summed E-state index contributed by atoms with van der Waals surface area (Å²) >= 11 is 10.1. The standard InChI is InChI=1S/C17H12BrNO2S2/c1-21-14-7-5-13(6-8-14)19-16(20)15(23-17(19)22)10-11-3-2-4-12(18)9-11/h2-10H,1H3. The van der Waals surface area contributed by atoms with Crippen LogP contribution < -0.4 is 9.64 Å². The van der Waals surface area contributed by atoms with Gasteiger partial charge in [0.2, 0.25) is 0 Å². The third kappa shape index (κ3) is 3.49. The zero-order valence-electron chi connectivity index (χ0n) is 12.2. The van der Waals surface area contributed by atoms with E-state index in [0.717, 1.165) is 21.5 Å². The lowest BCUT2D eigenvalue weighted by Gasteiger charge is -2.14. The summed E-state index contributed by atoms with van der Waals surface area (Å²) < 4.78 is 6.64. The van der Waals surface area contributed by atoms with Crippen LogP contribution in [0.1, 0.15) is 5.56 Å². The van der Waals surface area contributed by atoms with E-state index in [1.54, 1.807) is 12.0 Å². The van der Waals surface area contributed by atoms with Crippen LogP contribution in [0.15, 0.2) is 57.9 Å². The van der Waals surface area contributed by atoms with Gasteiger partial charge < -0.3 is 4.74 Å². The van der Waals surface area contributed by atoms with Crippen LogP contribution in [0.5, 0.6) is 5.75 Å². The number of anilines is 1. The summed E-state index contributed by atoms with van der Waals surface area (Å²) in [6.45, 7) is 0. The van der Waals surface area contributed by atoms with E-state index in [-0.39, 0.29) is 5.91 Å². The van der Waals surface area contributed by atoms with Crippen molar-refractivity contribution in [2.24, 2.45) is 0 Å². The van der Waals surface area contributed by atoms with Gasteiger partial charge in [-0.15, -0.1) is 0 Å². The third-order valence-electron chi connectivity index (χ3n) is 3.27. The number of ether oxygens (including phenoxy) is 1. The van der Waals surface area contributed by atoms with Crippen molar-refractivity contribution in [2.75, 3.05) is 12.0 Å². The minimum Gasteiger partial charge on any atom is -0.497 e. The molecule has 0 atom stereocenters. The summed E-state index contributed by atoms with van der Waals surface area (Å²) in [7, 11) is 1.61. The largest absolute Gasteiger partial charge is 0.497 e. The highest BCUT2D eigenvalue weighted by Gasteiger charge is 2.33. The van der Waals surface area contributed by atoms with Crippen molar-refractivity contribution >= 4 is 61.9 Å². The number of halogens is 1. The van der Waals surface area contributed by atoms with Gasteiger partial charge in [-0.2, -0.15) is 0 Å². The molecular formula is C17H12BrNO2S2. The first-order valence-corrected chi connectivity index (χ1v) is 8.78. The van der Waals surface area contributed by atoms with Gasteiger partial charge in [-0.1, -0.05) is 52.0 Å². The molecule has 1 aliphatic rings. The van der Waals surface area contributed by atoms with E-state index in [1.165, 1.54) is 11.8 Å². The zero-order chi connectivity index (χ0) is 16.4. The molecule has 0 aliphatic carbocycles. The second kappa shape index (κ2) is 6.86. The van der Waals surface area contributed by atoms with Crippen LogP contribution in [-0.4, -0.2) is 17.3 Å². The summed E-state index contributed by atoms with van der Waals surface area (Å²) in [4.78, 5) is 14.8. The molecule has 1 saturated heterocycles. The van der Waals surface area contributed by atoms with Gasteiger partial charge in [-0.05, 0) is 48.0 Å². The average Bonchev–Trinajstić information content (AvgIpc) is 2.81. The van der Waals surface area contributed by atoms with Crippen molar-refractivity contribution in [2.45, 2.75) is 0 Å². The van der Waals surface area contributed by atoms with Gasteiger partial charge in [0.1, 0.15) is 5.75 Å². The van der Waals surface area contributed by atoms with Gasteiger partial charge in [0.15, 0.2) is 4.32 Å². The van der Waals surface area contributed by atoms with Crippen LogP contribution in [0, 0.1) is 0 Å². The van der Waals surface area contributed by atoms with Crippen molar-refractivity contribution < 1.29 is 9.53 Å². The van der Waals surface area contributed by atoms with Gasteiger partial charge in [-0.25, -0.2) is 0 Å². The predicted molar refractivity (Wildman–Crippen MR) is 103 cm³/mol. The summed E-state index contributed by atoms with van der Waals surface area (Å²) in [6.07, 6.45) is 1.85. The Bertz CT molecular complexity index is 802. The molecule has 2 aromatic rings. The van der Waals surface area contributed by atoms with Gasteiger partial charge in [0.05, 0.1) is 17.7 Å². The number of nitrogens with zero attached hydrogens (tertiary/aromatic N) is 1. The molecule has 116 valence electrons. The Labute approximate surface area is 152 Å². The molecule has 3 nitrogen and oxygen atoms in total. The van der Waals surface area contributed by atoms with Crippen LogP contribution in [0.4, 0.5) is 5.69 Å². The summed E-state index contributed by atoms with van der Waals surface area (Å²) in [5.74, 6) is 0.633. The molecule has 0 saturated carbocycles. The molecule has 0 spiro atoms. The minimum absolute atomic E-state index is 0.106. The lowest BCUT2D eigenvalue weighted by Crippen LogP contribution is -2.27. The van der Waals surface area contributed by atoms with Crippen molar-refractivity contribution in [1.82, 2.24) is 0 Å². The smallest absolute Gasteiger partial charge is 0.270 e. The molecular weight excluding hydrogens is 394 g/mol. The van der Waals surface area contributed by atoms with E-state index in [0.29, 0.717) is 9.23 Å². The lowest BCUT2D eigenvalue weighted by atomic mass is 10.2. The maximum Gasteiger partial charge on any atom is 0.270 e. The number of amides is 1. The summed E-state index contributed by atoms with van der Waals surface area (Å²) in [5.41, 5.74) is 1.69. The highest BCUT2D eigenvalue weighted by molar-refractivity contribution is 9.10. The maximum atomic E-state index is 12.7. The Morgan fingerprint density at radius 1 is 1.22 bits per heavy atom. The molecule has 3 rings (SSSR count). The van der Waals surface area contributed by atoms with E-state index >= 15 is 0 Å². The molecule has 1 fully saturated rings. The number of benzene rings is 2. The molecule has 1 amide bonds. The highest BCUT2D eigenvalue weighted by Crippen LogP contribution is 2.36. The van der Waals surface area contributed by atoms with Crippen molar-refractivity contribution in [3.8, 4) is 5.75 Å². The van der Waals surface area contributed by atoms with Crippen molar-refractivity contribution in [1.29, 1.82) is 0 Å². The van der Waals surface area contributed by atoms with E-state index in [4.69, 9.17) is 17.0 Å². The molecule has 0 radical (unpaired) electrons. The van der Waals surface area contributed by atoms with Crippen molar-refractivity contribution in [3.63, 3.8) is 0 Å². The first kappa shape index (κ1) is 16.2. The normalized spacial score (nSPS) is 16.3. The monoisotopic (exact) mass is 405 g/mol. The number of carbonyl (C=O) groups excluding carboxylic acids is 1. The van der Waals surface area contributed by atoms with Crippen LogP contribution in [0.25, 0.3) is 6.08 Å². The van der Waals surface area contributed by atoms with Crippen LogP contribution >= 0.6 is 39.9 Å². The average molecular weight is 406 g/mol. The number of methoxy groups -OCH3 is 1. The maximum absolute atomic E-state index is 12.7. The Morgan fingerprint density at radius 2 is 1.96 bits per heavy atom. The van der Waals surface area contributed by atoms with E-state index in [1.807, 2.05) is 54.6 Å². The predicted octanol–water partition coefficient (Wildman–Crippen LogP) is 4.86. The molecule has 1 aliphatic heterocycles. The van der Waals surface area contributed by atoms with Gasteiger partial charge in [-0.3, -0.25) is 9.69 Å². The molecule has 0 unspecified atom stereocenters. The molecule has 0 N–H and O–H groups in total. The first-order chi connectivity index (χ1) is 11.1. The fourth-order valence-electron chi connectivity index (χ4n) is 2.17. The lowest BCUT2D eigenvalue weighted by molar-refractivity contribution is -0.113. The number of thioether (sulfide) groups is 1. The van der Waals surface area contributed by atoms with Gasteiger partial charge >= 0.3 is 0 Å². The first-order valence-electron chi connectivity index (χ1n) is 6.76. The molecule has 0 bridgehead atoms. The molecule has 0 aromatic heterocycles. The van der Waals surface area contributed by atoms with Crippen molar-refractivity contribution in [3.05, 3.63) is 63.5 Å². The third-order valence-corrected chi connectivity index (χ3v) is 5.07. The number of hydrogen-bond donors (Lipinski definition) is 0. The molecule has 23 heavy (non-hydrogen) atoms. The van der Waals surface area contributed by atoms with Crippen LogP contribution in [-0.2, 0) is 4.79 Å². The second-order valence-electron chi connectivity index (χ2n) is 4.77. The molecule has 1 heterocycles.